The fourth-order valence-electron chi connectivity index (χ4n) is 1.93. The number of rotatable bonds is 3. The maximum atomic E-state index is 10.9. The van der Waals surface area contributed by atoms with Gasteiger partial charge < -0.3 is 5.11 Å². The van der Waals surface area contributed by atoms with Gasteiger partial charge >= 0.3 is 5.97 Å². The van der Waals surface area contributed by atoms with E-state index in [2.05, 4.69) is 24.0 Å². The Morgan fingerprint density at radius 3 is 2.67 bits per heavy atom. The summed E-state index contributed by atoms with van der Waals surface area (Å²) in [6.45, 7) is 3.87. The minimum Gasteiger partial charge on any atom is -0.477 e. The van der Waals surface area contributed by atoms with Crippen molar-refractivity contribution in [2.24, 2.45) is 0 Å². The highest BCUT2D eigenvalue weighted by Gasteiger charge is 2.09. The molecule has 0 atom stereocenters. The summed E-state index contributed by atoms with van der Waals surface area (Å²) in [6.07, 6.45) is 2.60. The predicted molar refractivity (Wildman–Crippen MR) is 70.7 cm³/mol. The van der Waals surface area contributed by atoms with Crippen LogP contribution >= 0.6 is 0 Å². The molecule has 0 saturated carbocycles. The fourth-order valence-corrected chi connectivity index (χ4v) is 1.93. The molecule has 2 rings (SSSR count). The molecule has 18 heavy (non-hydrogen) atoms. The SMILES string of the molecule is CCc1cccc(-c2cnc(C(=O)O)c(C)c2)c1. The Morgan fingerprint density at radius 2 is 2.06 bits per heavy atom. The molecule has 3 nitrogen and oxygen atoms in total. The predicted octanol–water partition coefficient (Wildman–Crippen LogP) is 3.32. The Labute approximate surface area is 106 Å². The van der Waals surface area contributed by atoms with E-state index < -0.39 is 5.97 Å². The lowest BCUT2D eigenvalue weighted by Gasteiger charge is -2.06. The molecule has 0 saturated heterocycles. The van der Waals surface area contributed by atoms with Gasteiger partial charge in [-0.2, -0.15) is 0 Å². The summed E-state index contributed by atoms with van der Waals surface area (Å²) in [5.74, 6) is -0.985. The van der Waals surface area contributed by atoms with Crippen molar-refractivity contribution in [3.05, 3.63) is 53.3 Å². The lowest BCUT2D eigenvalue weighted by molar-refractivity contribution is 0.0689. The third kappa shape index (κ3) is 2.40. The van der Waals surface area contributed by atoms with Crippen LogP contribution in [0.15, 0.2) is 36.5 Å². The van der Waals surface area contributed by atoms with Gasteiger partial charge in [-0.3, -0.25) is 0 Å². The van der Waals surface area contributed by atoms with Crippen molar-refractivity contribution in [2.45, 2.75) is 20.3 Å². The van der Waals surface area contributed by atoms with Crippen LogP contribution in [0.25, 0.3) is 11.1 Å². The van der Waals surface area contributed by atoms with Crippen molar-refractivity contribution < 1.29 is 9.90 Å². The van der Waals surface area contributed by atoms with Crippen LogP contribution in [0.4, 0.5) is 0 Å². The number of benzene rings is 1. The van der Waals surface area contributed by atoms with Crippen molar-refractivity contribution in [2.75, 3.05) is 0 Å². The van der Waals surface area contributed by atoms with Crippen LogP contribution in [0, 0.1) is 6.92 Å². The number of carbonyl (C=O) groups is 1. The first kappa shape index (κ1) is 12.3. The first-order valence-electron chi connectivity index (χ1n) is 5.91. The molecule has 0 amide bonds. The molecule has 1 aromatic heterocycles. The highest BCUT2D eigenvalue weighted by atomic mass is 16.4. The van der Waals surface area contributed by atoms with Gasteiger partial charge in [0.2, 0.25) is 0 Å². The van der Waals surface area contributed by atoms with E-state index in [0.29, 0.717) is 5.56 Å². The molecular formula is C15H15NO2. The van der Waals surface area contributed by atoms with Gasteiger partial charge in [0.05, 0.1) is 0 Å². The number of nitrogens with zero attached hydrogens (tertiary/aromatic N) is 1. The normalized spacial score (nSPS) is 10.3. The van der Waals surface area contributed by atoms with Crippen LogP contribution in [0.1, 0.15) is 28.5 Å². The summed E-state index contributed by atoms with van der Waals surface area (Å²) in [7, 11) is 0. The van der Waals surface area contributed by atoms with Crippen molar-refractivity contribution >= 4 is 5.97 Å². The zero-order valence-electron chi connectivity index (χ0n) is 10.5. The molecule has 92 valence electrons. The quantitative estimate of drug-likeness (QED) is 0.896. The molecule has 1 heterocycles. The van der Waals surface area contributed by atoms with Gasteiger partial charge in [-0.15, -0.1) is 0 Å². The number of carboxylic acid groups (broad SMARTS) is 1. The zero-order valence-corrected chi connectivity index (χ0v) is 10.5. The Kier molecular flexibility index (Phi) is 3.42. The van der Waals surface area contributed by atoms with Crippen LogP contribution in [0.3, 0.4) is 0 Å². The summed E-state index contributed by atoms with van der Waals surface area (Å²) < 4.78 is 0. The first-order chi connectivity index (χ1) is 8.61. The summed E-state index contributed by atoms with van der Waals surface area (Å²) in [6, 6.07) is 10.1. The molecule has 0 spiro atoms. The average Bonchev–Trinajstić information content (AvgIpc) is 2.38. The molecule has 0 fully saturated rings. The molecule has 0 unspecified atom stereocenters. The third-order valence-corrected chi connectivity index (χ3v) is 2.95. The average molecular weight is 241 g/mol. The highest BCUT2D eigenvalue weighted by Crippen LogP contribution is 2.22. The molecule has 1 N–H and O–H groups in total. The molecule has 1 aromatic carbocycles. The van der Waals surface area contributed by atoms with Crippen LogP contribution in [0.2, 0.25) is 0 Å². The van der Waals surface area contributed by atoms with Crippen LogP contribution in [0.5, 0.6) is 0 Å². The summed E-state index contributed by atoms with van der Waals surface area (Å²) in [5, 5.41) is 8.95. The minimum atomic E-state index is -0.985. The summed E-state index contributed by atoms with van der Waals surface area (Å²) in [5.41, 5.74) is 4.08. The molecule has 0 aliphatic carbocycles. The molecular weight excluding hydrogens is 226 g/mol. The van der Waals surface area contributed by atoms with Gasteiger partial charge in [-0.25, -0.2) is 9.78 Å². The molecule has 0 bridgehead atoms. The second-order valence-corrected chi connectivity index (χ2v) is 4.25. The lowest BCUT2D eigenvalue weighted by atomic mass is 10.0. The van der Waals surface area contributed by atoms with Gasteiger partial charge in [0.25, 0.3) is 0 Å². The summed E-state index contributed by atoms with van der Waals surface area (Å²) in [4.78, 5) is 14.9. The maximum Gasteiger partial charge on any atom is 0.354 e. The van der Waals surface area contributed by atoms with E-state index >= 15 is 0 Å². The first-order valence-corrected chi connectivity index (χ1v) is 5.91. The van der Waals surface area contributed by atoms with E-state index in [1.54, 1.807) is 13.1 Å². The van der Waals surface area contributed by atoms with Crippen LogP contribution in [-0.2, 0) is 6.42 Å². The van der Waals surface area contributed by atoms with E-state index in [-0.39, 0.29) is 5.69 Å². The van der Waals surface area contributed by atoms with E-state index in [4.69, 9.17) is 5.11 Å². The standard InChI is InChI=1S/C15H15NO2/c1-3-11-5-4-6-12(8-11)13-7-10(2)14(15(17)18)16-9-13/h4-9H,3H2,1-2H3,(H,17,18). The van der Waals surface area contributed by atoms with E-state index in [1.165, 1.54) is 5.56 Å². The Morgan fingerprint density at radius 1 is 1.28 bits per heavy atom. The second-order valence-electron chi connectivity index (χ2n) is 4.25. The molecule has 0 aliphatic rings. The Hall–Kier alpha value is -2.16. The van der Waals surface area contributed by atoms with E-state index in [0.717, 1.165) is 17.5 Å². The Balaban J connectivity index is 2.45. The number of aromatic carboxylic acids is 1. The van der Waals surface area contributed by atoms with Crippen molar-refractivity contribution in [1.82, 2.24) is 4.98 Å². The second kappa shape index (κ2) is 5.00. The number of carboxylic acids is 1. The zero-order chi connectivity index (χ0) is 13.1. The van der Waals surface area contributed by atoms with Gasteiger partial charge in [0, 0.05) is 11.8 Å². The third-order valence-electron chi connectivity index (χ3n) is 2.95. The monoisotopic (exact) mass is 241 g/mol. The van der Waals surface area contributed by atoms with E-state index in [1.807, 2.05) is 18.2 Å². The van der Waals surface area contributed by atoms with Crippen molar-refractivity contribution in [3.63, 3.8) is 0 Å². The smallest absolute Gasteiger partial charge is 0.354 e. The molecule has 0 aliphatic heterocycles. The number of aromatic nitrogens is 1. The van der Waals surface area contributed by atoms with Crippen molar-refractivity contribution in [3.8, 4) is 11.1 Å². The molecule has 0 radical (unpaired) electrons. The molecule has 3 heteroatoms. The highest BCUT2D eigenvalue weighted by molar-refractivity contribution is 5.87. The van der Waals surface area contributed by atoms with Crippen LogP contribution in [-0.4, -0.2) is 16.1 Å². The van der Waals surface area contributed by atoms with Gasteiger partial charge in [0.1, 0.15) is 0 Å². The number of pyridine rings is 1. The maximum absolute atomic E-state index is 10.9. The fraction of sp³-hybridized carbons (Fsp3) is 0.200. The summed E-state index contributed by atoms with van der Waals surface area (Å²) >= 11 is 0. The minimum absolute atomic E-state index is 0.116. The van der Waals surface area contributed by atoms with Gasteiger partial charge in [-0.1, -0.05) is 31.2 Å². The lowest BCUT2D eigenvalue weighted by Crippen LogP contribution is -2.03. The van der Waals surface area contributed by atoms with Gasteiger partial charge in [0.15, 0.2) is 5.69 Å². The topological polar surface area (TPSA) is 50.2 Å². The number of aryl methyl sites for hydroxylation is 2. The van der Waals surface area contributed by atoms with Crippen LogP contribution < -0.4 is 0 Å². The van der Waals surface area contributed by atoms with Crippen molar-refractivity contribution in [1.29, 1.82) is 0 Å². The Bertz CT molecular complexity index is 591. The number of hydrogen-bond donors (Lipinski definition) is 1. The van der Waals surface area contributed by atoms with E-state index in [9.17, 15) is 4.79 Å². The number of hydrogen-bond acceptors (Lipinski definition) is 2. The largest absolute Gasteiger partial charge is 0.477 e. The molecule has 2 aromatic rings. The van der Waals surface area contributed by atoms with Gasteiger partial charge in [-0.05, 0) is 36.1 Å².